The molecule has 0 spiro atoms. The standard InChI is InChI=1S/C31H29.C13H8Cl2.C13H21.2ClH.Zr/c1-18-11-20(3)30(21(4)12-18)24-7-9-28-26(15-24)17-27-16-25(8-10-29(27)28)31-22(5)13-19(2)14-23(31)6;14-12-5-1-3-10(8-12)7-11-4-2-6-13(15)9-11;1-5-6-7-11-8-9-12(10-11)13(2,3)4;;;/h7-15H,17H2,1-6H3;1-6,8-9H;9-11H,5-7H2,1-4H3;2*1H;/q;;;;;+2/p-2. The number of rotatable bonds is 9. The molecule has 5 heteroatoms. The molecule has 62 heavy (non-hydrogen) atoms. The van der Waals surface area contributed by atoms with E-state index in [1.54, 1.807) is 6.55 Å². The first-order valence-electron chi connectivity index (χ1n) is 21.8. The minimum absolute atomic E-state index is 0. The number of fused-ring (bicyclic) bond motifs is 3. The van der Waals surface area contributed by atoms with Crippen LogP contribution in [0.3, 0.4) is 0 Å². The molecule has 0 bridgehead atoms. The molecule has 0 radical (unpaired) electrons. The van der Waals surface area contributed by atoms with Crippen LogP contribution < -0.4 is 28.1 Å². The van der Waals surface area contributed by atoms with E-state index < -0.39 is 21.3 Å². The first-order chi connectivity index (χ1) is 28.6. The number of unbranched alkanes of at least 4 members (excludes halogenated alkanes) is 1. The van der Waals surface area contributed by atoms with Gasteiger partial charge in [0.1, 0.15) is 0 Å². The van der Waals surface area contributed by atoms with Crippen LogP contribution in [0.5, 0.6) is 0 Å². The number of aryl methyl sites for hydroxylation is 6. The minimum atomic E-state index is -3.34. The second kappa shape index (κ2) is 19.4. The van der Waals surface area contributed by atoms with Gasteiger partial charge < -0.3 is 24.8 Å². The Morgan fingerprint density at radius 3 is 1.71 bits per heavy atom. The molecule has 1 atom stereocenters. The molecule has 2 aliphatic rings. The van der Waals surface area contributed by atoms with Crippen LogP contribution in [-0.2, 0) is 27.7 Å². The molecular formula is C57H58Cl4Zr. The Morgan fingerprint density at radius 1 is 0.645 bits per heavy atom. The third kappa shape index (κ3) is 9.42. The van der Waals surface area contributed by atoms with E-state index in [2.05, 4.69) is 172 Å². The summed E-state index contributed by atoms with van der Waals surface area (Å²) in [5.41, 5.74) is 23.0. The average molecular weight is 976 g/mol. The summed E-state index contributed by atoms with van der Waals surface area (Å²) in [6, 6.07) is 39.0. The van der Waals surface area contributed by atoms with E-state index >= 15 is 0 Å². The van der Waals surface area contributed by atoms with E-state index in [-0.39, 0.29) is 30.2 Å². The largest absolute Gasteiger partial charge is 1.00 e. The molecule has 6 aromatic carbocycles. The van der Waals surface area contributed by atoms with Crippen molar-refractivity contribution in [3.8, 4) is 33.4 Å². The number of benzene rings is 6. The number of allylic oxidation sites excluding steroid dienone is 4. The molecule has 318 valence electrons. The summed E-state index contributed by atoms with van der Waals surface area (Å²) in [5.74, 6) is 0.369. The zero-order chi connectivity index (χ0) is 42.6. The van der Waals surface area contributed by atoms with Gasteiger partial charge in [0.15, 0.2) is 0 Å². The summed E-state index contributed by atoms with van der Waals surface area (Å²) in [6.45, 7) is 23.1. The Morgan fingerprint density at radius 2 is 1.18 bits per heavy atom. The van der Waals surface area contributed by atoms with Gasteiger partial charge in [-0.25, -0.2) is 0 Å². The van der Waals surface area contributed by atoms with Crippen LogP contribution in [0.25, 0.3) is 33.4 Å². The van der Waals surface area contributed by atoms with Gasteiger partial charge in [-0.2, -0.15) is 0 Å². The zero-order valence-electron chi connectivity index (χ0n) is 37.9. The zero-order valence-corrected chi connectivity index (χ0v) is 43.4. The first kappa shape index (κ1) is 48.2. The predicted octanol–water partition coefficient (Wildman–Crippen LogP) is 9.95. The number of hydrogen-bond donors (Lipinski definition) is 0. The van der Waals surface area contributed by atoms with Gasteiger partial charge in [0.2, 0.25) is 0 Å². The molecule has 0 heterocycles. The molecule has 0 nitrogen and oxygen atoms in total. The van der Waals surface area contributed by atoms with Gasteiger partial charge in [0.25, 0.3) is 0 Å². The van der Waals surface area contributed by atoms with Crippen molar-refractivity contribution in [3.63, 3.8) is 0 Å². The van der Waals surface area contributed by atoms with E-state index in [0.29, 0.717) is 5.92 Å². The van der Waals surface area contributed by atoms with E-state index in [1.807, 2.05) is 12.1 Å². The maximum atomic E-state index is 6.99. The summed E-state index contributed by atoms with van der Waals surface area (Å²) in [5, 5.41) is 1.52. The van der Waals surface area contributed by atoms with Crippen molar-refractivity contribution in [3.05, 3.63) is 190 Å². The SMILES string of the molecule is CCCCC1C=C(C(C)(C)C)C=[C]1[Zr+2](=[C](c1cccc(Cl)c1)c1cccc(Cl)c1)[c]1c(-c2c(C)cc(C)cc2C)ccc2c1Cc1cc(-c3c(C)cc(C)cc3C)ccc1-2.[Cl-].[Cl-]. The molecule has 0 fully saturated rings. The van der Waals surface area contributed by atoms with Gasteiger partial charge in [-0.3, -0.25) is 0 Å². The summed E-state index contributed by atoms with van der Waals surface area (Å²) < 4.78 is 4.69. The topological polar surface area (TPSA) is 0 Å². The van der Waals surface area contributed by atoms with Gasteiger partial charge in [0, 0.05) is 0 Å². The van der Waals surface area contributed by atoms with Crippen LogP contribution in [0.15, 0.2) is 124 Å². The third-order valence-electron chi connectivity index (χ3n) is 12.8. The van der Waals surface area contributed by atoms with Gasteiger partial charge >= 0.3 is 380 Å². The Labute approximate surface area is 401 Å². The van der Waals surface area contributed by atoms with Gasteiger partial charge in [-0.1, -0.05) is 0 Å². The second-order valence-corrected chi connectivity index (χ2v) is 25.2. The van der Waals surface area contributed by atoms with Gasteiger partial charge in [-0.15, -0.1) is 0 Å². The van der Waals surface area contributed by atoms with Crippen LogP contribution in [0, 0.1) is 52.9 Å². The van der Waals surface area contributed by atoms with Crippen LogP contribution in [-0.4, -0.2) is 3.21 Å². The summed E-state index contributed by atoms with van der Waals surface area (Å²) in [6.07, 6.45) is 9.74. The summed E-state index contributed by atoms with van der Waals surface area (Å²) >= 11 is 10.6. The van der Waals surface area contributed by atoms with E-state index in [0.717, 1.165) is 22.9 Å². The smallest absolute Gasteiger partial charge is 1.00 e. The molecule has 8 rings (SSSR count). The number of halogens is 4. The summed E-state index contributed by atoms with van der Waals surface area (Å²) in [7, 11) is 0. The Bertz CT molecular complexity index is 2700. The maximum absolute atomic E-state index is 6.99. The Kier molecular flexibility index (Phi) is 15.1. The molecule has 0 aliphatic heterocycles. The molecule has 1 unspecified atom stereocenters. The second-order valence-electron chi connectivity index (χ2n) is 18.6. The molecule has 0 aromatic heterocycles. The van der Waals surface area contributed by atoms with Gasteiger partial charge in [0.05, 0.1) is 0 Å². The molecule has 0 saturated carbocycles. The molecule has 2 aliphatic carbocycles. The Hall–Kier alpha value is -3.29. The average Bonchev–Trinajstić information content (AvgIpc) is 3.77. The van der Waals surface area contributed by atoms with Crippen molar-refractivity contribution >= 4 is 29.7 Å². The van der Waals surface area contributed by atoms with Crippen molar-refractivity contribution in [2.24, 2.45) is 11.3 Å². The van der Waals surface area contributed by atoms with Crippen LogP contribution in [0.4, 0.5) is 0 Å². The summed E-state index contributed by atoms with van der Waals surface area (Å²) in [4.78, 5) is 0. The van der Waals surface area contributed by atoms with Crippen molar-refractivity contribution in [2.45, 2.75) is 94.9 Å². The third-order valence-corrected chi connectivity index (χ3v) is 21.3. The fourth-order valence-corrected chi connectivity index (χ4v) is 19.6. The van der Waals surface area contributed by atoms with Crippen LogP contribution >= 0.6 is 23.2 Å². The minimum Gasteiger partial charge on any atom is -1.00 e. The molecule has 0 saturated heterocycles. The van der Waals surface area contributed by atoms with Crippen molar-refractivity contribution < 1.29 is 46.1 Å². The molecule has 0 N–H and O–H groups in total. The van der Waals surface area contributed by atoms with E-state index in [9.17, 15) is 0 Å². The van der Waals surface area contributed by atoms with Crippen molar-refractivity contribution in [1.29, 1.82) is 0 Å². The van der Waals surface area contributed by atoms with E-state index in [1.165, 1.54) is 111 Å². The predicted molar refractivity (Wildman–Crippen MR) is 258 cm³/mol. The Balaban J connectivity index is 0.00000321. The fourth-order valence-electron chi connectivity index (χ4n) is 10.3. The normalized spacial score (nSPS) is 13.9. The van der Waals surface area contributed by atoms with E-state index in [4.69, 9.17) is 23.2 Å². The molecule has 0 amide bonds. The molecule has 6 aromatic rings. The fraction of sp³-hybridized carbons (Fsp3) is 0.281. The first-order valence-corrected chi connectivity index (χ1v) is 26.2. The van der Waals surface area contributed by atoms with Crippen LogP contribution in [0.2, 0.25) is 10.0 Å². The monoisotopic (exact) mass is 972 g/mol. The molecular weight excluding hydrogens is 918 g/mol. The quantitative estimate of drug-likeness (QED) is 0.135. The van der Waals surface area contributed by atoms with Crippen molar-refractivity contribution in [1.82, 2.24) is 0 Å². The number of hydrogen-bond acceptors (Lipinski definition) is 0. The maximum Gasteiger partial charge on any atom is -1.00 e. The van der Waals surface area contributed by atoms with Crippen LogP contribution in [0.1, 0.15) is 103 Å². The van der Waals surface area contributed by atoms with Gasteiger partial charge in [-0.05, 0) is 0 Å². The van der Waals surface area contributed by atoms with Crippen molar-refractivity contribution in [2.75, 3.05) is 0 Å².